The molecular weight excluding hydrogens is 418 g/mol. The first-order valence-corrected chi connectivity index (χ1v) is 10.7. The van der Waals surface area contributed by atoms with Gasteiger partial charge in [0.15, 0.2) is 0 Å². The van der Waals surface area contributed by atoms with E-state index in [1.54, 1.807) is 47.6 Å². The Labute approximate surface area is 185 Å². The number of aromatic nitrogens is 1. The summed E-state index contributed by atoms with van der Waals surface area (Å²) in [5.41, 5.74) is 1.19. The molecule has 162 valence electrons. The Balaban J connectivity index is 1.64. The van der Waals surface area contributed by atoms with E-state index < -0.39 is 17.7 Å². The van der Waals surface area contributed by atoms with Crippen molar-refractivity contribution in [3.63, 3.8) is 0 Å². The van der Waals surface area contributed by atoms with Crippen LogP contribution in [0.3, 0.4) is 0 Å². The third-order valence-corrected chi connectivity index (χ3v) is 5.89. The number of carbonyl (C=O) groups is 2. The lowest BCUT2D eigenvalue weighted by Gasteiger charge is -2.29. The molecule has 2 aromatic rings. The highest BCUT2D eigenvalue weighted by molar-refractivity contribution is 6.46. The smallest absolute Gasteiger partial charge is 0.295 e. The summed E-state index contributed by atoms with van der Waals surface area (Å²) in [6, 6.07) is 9.41. The van der Waals surface area contributed by atoms with Gasteiger partial charge < -0.3 is 14.7 Å². The van der Waals surface area contributed by atoms with Crippen molar-refractivity contribution in [2.24, 2.45) is 0 Å². The second-order valence-corrected chi connectivity index (χ2v) is 8.03. The number of aliphatic hydroxyl groups is 1. The normalized spacial score (nSPS) is 21.6. The number of morpholine rings is 1. The summed E-state index contributed by atoms with van der Waals surface area (Å²) in [6.07, 6.45) is 3.97. The number of amides is 1. The van der Waals surface area contributed by atoms with Crippen LogP contribution in [0.1, 0.15) is 23.6 Å². The van der Waals surface area contributed by atoms with Crippen molar-refractivity contribution in [2.45, 2.75) is 12.5 Å². The molecule has 0 unspecified atom stereocenters. The Hall–Kier alpha value is -2.74. The molecule has 1 atom stereocenters. The summed E-state index contributed by atoms with van der Waals surface area (Å²) in [6.45, 7) is 4.35. The zero-order valence-corrected chi connectivity index (χ0v) is 17.8. The van der Waals surface area contributed by atoms with Crippen LogP contribution in [-0.4, -0.2) is 71.0 Å². The zero-order chi connectivity index (χ0) is 21.8. The molecule has 1 N–H and O–H groups in total. The van der Waals surface area contributed by atoms with E-state index in [-0.39, 0.29) is 11.3 Å². The summed E-state index contributed by atoms with van der Waals surface area (Å²) in [4.78, 5) is 33.9. The van der Waals surface area contributed by atoms with Crippen molar-refractivity contribution >= 4 is 29.1 Å². The van der Waals surface area contributed by atoms with Crippen molar-refractivity contribution in [3.8, 4) is 0 Å². The lowest BCUT2D eigenvalue weighted by atomic mass is 9.96. The predicted octanol–water partition coefficient (Wildman–Crippen LogP) is 2.88. The SMILES string of the molecule is O=C1C(=O)N(CCCN2CCOCC2)[C@@H](c2cccnc2)C1=C(O)c1ccc(Cl)cc1. The number of carbonyl (C=O) groups excluding carboxylic acids is 2. The quantitative estimate of drug-likeness (QED) is 0.421. The molecule has 7 nitrogen and oxygen atoms in total. The highest BCUT2D eigenvalue weighted by Crippen LogP contribution is 2.39. The molecular formula is C23H24ClN3O4. The van der Waals surface area contributed by atoms with Crippen LogP contribution in [0, 0.1) is 0 Å². The summed E-state index contributed by atoms with van der Waals surface area (Å²) < 4.78 is 5.38. The number of likely N-dealkylation sites (tertiary alicyclic amines) is 1. The van der Waals surface area contributed by atoms with Crippen molar-refractivity contribution in [1.82, 2.24) is 14.8 Å². The number of ketones is 1. The van der Waals surface area contributed by atoms with Gasteiger partial charge in [-0.3, -0.25) is 19.5 Å². The lowest BCUT2D eigenvalue weighted by molar-refractivity contribution is -0.140. The van der Waals surface area contributed by atoms with Crippen molar-refractivity contribution in [3.05, 3.63) is 70.5 Å². The van der Waals surface area contributed by atoms with E-state index in [2.05, 4.69) is 9.88 Å². The average Bonchev–Trinajstić information content (AvgIpc) is 3.05. The molecule has 2 fully saturated rings. The van der Waals surface area contributed by atoms with Gasteiger partial charge in [0.2, 0.25) is 0 Å². The van der Waals surface area contributed by atoms with Gasteiger partial charge in [-0.05, 0) is 42.3 Å². The van der Waals surface area contributed by atoms with Gasteiger partial charge in [-0.15, -0.1) is 0 Å². The highest BCUT2D eigenvalue weighted by Gasteiger charge is 2.45. The number of benzene rings is 1. The zero-order valence-electron chi connectivity index (χ0n) is 17.0. The molecule has 0 bridgehead atoms. The fourth-order valence-corrected chi connectivity index (χ4v) is 4.17. The van der Waals surface area contributed by atoms with Crippen LogP contribution >= 0.6 is 11.6 Å². The van der Waals surface area contributed by atoms with Crippen LogP contribution in [0.2, 0.25) is 5.02 Å². The molecule has 0 saturated carbocycles. The molecule has 31 heavy (non-hydrogen) atoms. The minimum absolute atomic E-state index is 0.0756. The Kier molecular flexibility index (Phi) is 6.65. The van der Waals surface area contributed by atoms with Crippen LogP contribution in [0.25, 0.3) is 5.76 Å². The molecule has 1 amide bonds. The van der Waals surface area contributed by atoms with Crippen LogP contribution in [0.5, 0.6) is 0 Å². The molecule has 3 heterocycles. The van der Waals surface area contributed by atoms with E-state index in [4.69, 9.17) is 16.3 Å². The molecule has 0 spiro atoms. The second-order valence-electron chi connectivity index (χ2n) is 7.59. The maximum atomic E-state index is 13.0. The minimum Gasteiger partial charge on any atom is -0.507 e. The number of aliphatic hydroxyl groups excluding tert-OH is 1. The largest absolute Gasteiger partial charge is 0.507 e. The van der Waals surface area contributed by atoms with Gasteiger partial charge in [-0.25, -0.2) is 0 Å². The van der Waals surface area contributed by atoms with E-state index in [1.807, 2.05) is 6.07 Å². The first-order valence-electron chi connectivity index (χ1n) is 10.3. The first-order chi connectivity index (χ1) is 15.1. The van der Waals surface area contributed by atoms with Gasteiger partial charge in [0.05, 0.1) is 24.8 Å². The van der Waals surface area contributed by atoms with Gasteiger partial charge >= 0.3 is 0 Å². The summed E-state index contributed by atoms with van der Waals surface area (Å²) in [5, 5.41) is 11.5. The minimum atomic E-state index is -0.687. The molecule has 1 aromatic heterocycles. The van der Waals surface area contributed by atoms with Crippen molar-refractivity contribution < 1.29 is 19.4 Å². The van der Waals surface area contributed by atoms with E-state index in [0.717, 1.165) is 19.6 Å². The van der Waals surface area contributed by atoms with Crippen LogP contribution < -0.4 is 0 Å². The molecule has 4 rings (SSSR count). The molecule has 8 heteroatoms. The lowest BCUT2D eigenvalue weighted by Crippen LogP contribution is -2.39. The molecule has 2 saturated heterocycles. The van der Waals surface area contributed by atoms with Gasteiger partial charge in [-0.1, -0.05) is 17.7 Å². The van der Waals surface area contributed by atoms with Crippen LogP contribution in [0.4, 0.5) is 0 Å². The maximum Gasteiger partial charge on any atom is 0.295 e. The molecule has 2 aliphatic heterocycles. The van der Waals surface area contributed by atoms with Gasteiger partial charge in [0.1, 0.15) is 5.76 Å². The Morgan fingerprint density at radius 2 is 1.87 bits per heavy atom. The number of nitrogens with zero attached hydrogens (tertiary/aromatic N) is 3. The molecule has 0 aliphatic carbocycles. The highest BCUT2D eigenvalue weighted by atomic mass is 35.5. The van der Waals surface area contributed by atoms with Gasteiger partial charge in [0.25, 0.3) is 11.7 Å². The number of halogens is 1. The van der Waals surface area contributed by atoms with Gasteiger partial charge in [-0.2, -0.15) is 0 Å². The van der Waals surface area contributed by atoms with Crippen LogP contribution in [-0.2, 0) is 14.3 Å². The second kappa shape index (κ2) is 9.60. The first kappa shape index (κ1) is 21.5. The molecule has 0 radical (unpaired) electrons. The topological polar surface area (TPSA) is 83.0 Å². The van der Waals surface area contributed by atoms with Crippen LogP contribution in [0.15, 0.2) is 54.4 Å². The number of pyridine rings is 1. The maximum absolute atomic E-state index is 13.0. The molecule has 2 aliphatic rings. The van der Waals surface area contributed by atoms with E-state index >= 15 is 0 Å². The third kappa shape index (κ3) is 4.63. The number of ether oxygens (including phenoxy) is 1. The van der Waals surface area contributed by atoms with E-state index in [9.17, 15) is 14.7 Å². The summed E-state index contributed by atoms with van der Waals surface area (Å²) in [7, 11) is 0. The number of hydrogen-bond acceptors (Lipinski definition) is 6. The monoisotopic (exact) mass is 441 g/mol. The molecule has 1 aromatic carbocycles. The summed E-state index contributed by atoms with van der Waals surface area (Å²) in [5.74, 6) is -1.50. The van der Waals surface area contributed by atoms with Crippen molar-refractivity contribution in [2.75, 3.05) is 39.4 Å². The predicted molar refractivity (Wildman–Crippen MR) is 117 cm³/mol. The third-order valence-electron chi connectivity index (χ3n) is 5.63. The fourth-order valence-electron chi connectivity index (χ4n) is 4.05. The summed E-state index contributed by atoms with van der Waals surface area (Å²) >= 11 is 5.95. The Bertz CT molecular complexity index is 972. The van der Waals surface area contributed by atoms with E-state index in [1.165, 1.54) is 0 Å². The average molecular weight is 442 g/mol. The Morgan fingerprint density at radius 1 is 1.13 bits per heavy atom. The Morgan fingerprint density at radius 3 is 2.55 bits per heavy atom. The number of hydrogen-bond donors (Lipinski definition) is 1. The number of rotatable bonds is 6. The number of Topliss-reactive ketones (excluding diaryl/α,β-unsaturated/α-hetero) is 1. The standard InChI is InChI=1S/C23H24ClN3O4/c24-18-6-4-16(5-7-18)21(28)19-20(17-3-1-8-25-15-17)27(23(30)22(19)29)10-2-9-26-11-13-31-14-12-26/h1,3-8,15,20,28H,2,9-14H2/t20-/m0/s1. The van der Waals surface area contributed by atoms with Gasteiger partial charge in [0, 0.05) is 49.2 Å². The van der Waals surface area contributed by atoms with Crippen molar-refractivity contribution in [1.29, 1.82) is 0 Å². The fraction of sp³-hybridized carbons (Fsp3) is 0.348. The van der Waals surface area contributed by atoms with E-state index in [0.29, 0.717) is 42.3 Å².